The number of methoxy groups -OCH3 is 1. The number of pyridine rings is 1. The van der Waals surface area contributed by atoms with Gasteiger partial charge in [-0.25, -0.2) is 4.98 Å². The number of anilines is 1. The third kappa shape index (κ3) is 5.02. The van der Waals surface area contributed by atoms with Gasteiger partial charge in [-0.3, -0.25) is 4.31 Å². The van der Waals surface area contributed by atoms with Crippen molar-refractivity contribution < 1.29 is 4.74 Å². The van der Waals surface area contributed by atoms with E-state index in [0.29, 0.717) is 16.4 Å². The lowest BCUT2D eigenvalue weighted by atomic mass is 9.87. The molecule has 0 radical (unpaired) electrons. The van der Waals surface area contributed by atoms with Gasteiger partial charge < -0.3 is 4.74 Å². The van der Waals surface area contributed by atoms with Crippen molar-refractivity contribution in [2.75, 3.05) is 18.1 Å². The molecule has 2 aromatic rings. The molecule has 130 valence electrons. The maximum absolute atomic E-state index is 6.36. The van der Waals surface area contributed by atoms with Crippen molar-refractivity contribution in [1.29, 1.82) is 0 Å². The van der Waals surface area contributed by atoms with Crippen LogP contribution in [-0.4, -0.2) is 18.8 Å². The van der Waals surface area contributed by atoms with Gasteiger partial charge >= 0.3 is 0 Å². The van der Waals surface area contributed by atoms with Crippen molar-refractivity contribution in [3.8, 4) is 0 Å². The fraction of sp³-hybridized carbons (Fsp3) is 0.353. The van der Waals surface area contributed by atoms with E-state index in [1.165, 1.54) is 0 Å². The Hall–Kier alpha value is -0.460. The predicted octanol–water partition coefficient (Wildman–Crippen LogP) is 6.57. The van der Waals surface area contributed by atoms with Gasteiger partial charge in [0.1, 0.15) is 11.3 Å². The van der Waals surface area contributed by atoms with Crippen LogP contribution in [-0.2, 0) is 10.2 Å². The summed E-state index contributed by atoms with van der Waals surface area (Å²) in [6.07, 6.45) is 1.60. The molecule has 0 aliphatic heterocycles. The molecule has 0 saturated carbocycles. The van der Waals surface area contributed by atoms with E-state index in [2.05, 4.69) is 47.8 Å². The van der Waals surface area contributed by atoms with E-state index in [0.717, 1.165) is 21.2 Å². The maximum atomic E-state index is 6.36. The van der Waals surface area contributed by atoms with Crippen LogP contribution in [0.1, 0.15) is 26.3 Å². The molecule has 0 amide bonds. The van der Waals surface area contributed by atoms with Gasteiger partial charge in [-0.2, -0.15) is 0 Å². The lowest BCUT2D eigenvalue weighted by Crippen LogP contribution is -2.18. The highest BCUT2D eigenvalue weighted by Gasteiger charge is 2.19. The van der Waals surface area contributed by atoms with Crippen molar-refractivity contribution in [2.24, 2.45) is 0 Å². The average molecular weight is 450 g/mol. The summed E-state index contributed by atoms with van der Waals surface area (Å²) >= 11 is 17.5. The number of aromatic nitrogens is 1. The molecule has 1 heterocycles. The van der Waals surface area contributed by atoms with E-state index in [-0.39, 0.29) is 5.41 Å². The second-order valence-corrected chi connectivity index (χ2v) is 8.93. The van der Waals surface area contributed by atoms with Gasteiger partial charge in [0.2, 0.25) is 0 Å². The van der Waals surface area contributed by atoms with Gasteiger partial charge in [-0.1, -0.05) is 44.0 Å². The summed E-state index contributed by atoms with van der Waals surface area (Å²) in [5, 5.41) is 1.34. The van der Waals surface area contributed by atoms with Crippen molar-refractivity contribution in [3.63, 3.8) is 0 Å². The third-order valence-corrected chi connectivity index (χ3v) is 5.40. The van der Waals surface area contributed by atoms with Crippen molar-refractivity contribution in [2.45, 2.75) is 31.1 Å². The highest BCUT2D eigenvalue weighted by molar-refractivity contribution is 9.10. The second-order valence-electron chi connectivity index (χ2n) is 6.24. The van der Waals surface area contributed by atoms with Crippen LogP contribution in [0, 0.1) is 0 Å². The first-order chi connectivity index (χ1) is 11.2. The normalized spacial score (nSPS) is 11.6. The van der Waals surface area contributed by atoms with Crippen LogP contribution in [0.25, 0.3) is 0 Å². The standard InChI is InChI=1S/C17H19BrCl2N2OS/c1-17(2,3)13-8-12(5-6-14(13)20)24-22(10-23-4)15-7-11(19)9-21-16(15)18/h5-9H,10H2,1-4H3. The molecule has 1 aromatic heterocycles. The van der Waals surface area contributed by atoms with Gasteiger partial charge in [-0.05, 0) is 63.1 Å². The topological polar surface area (TPSA) is 25.4 Å². The molecule has 24 heavy (non-hydrogen) atoms. The fourth-order valence-electron chi connectivity index (χ4n) is 2.11. The average Bonchev–Trinajstić information content (AvgIpc) is 2.50. The molecule has 0 atom stereocenters. The maximum Gasteiger partial charge on any atom is 0.130 e. The summed E-state index contributed by atoms with van der Waals surface area (Å²) in [5.74, 6) is 0. The Labute approximate surface area is 166 Å². The van der Waals surface area contributed by atoms with Gasteiger partial charge in [-0.15, -0.1) is 0 Å². The zero-order valence-electron chi connectivity index (χ0n) is 13.9. The summed E-state index contributed by atoms with van der Waals surface area (Å²) in [6, 6.07) is 7.89. The fourth-order valence-corrected chi connectivity index (χ4v) is 4.16. The molecule has 1 aromatic carbocycles. The zero-order chi connectivity index (χ0) is 17.9. The Kier molecular flexibility index (Phi) is 6.85. The first-order valence-corrected chi connectivity index (χ1v) is 9.60. The minimum Gasteiger partial charge on any atom is -0.363 e. The van der Waals surface area contributed by atoms with Crippen LogP contribution in [0.2, 0.25) is 10.0 Å². The van der Waals surface area contributed by atoms with E-state index in [9.17, 15) is 0 Å². The van der Waals surface area contributed by atoms with Crippen molar-refractivity contribution >= 4 is 56.8 Å². The van der Waals surface area contributed by atoms with Gasteiger partial charge in [0.25, 0.3) is 0 Å². The summed E-state index contributed by atoms with van der Waals surface area (Å²) in [6.45, 7) is 6.83. The molecule has 2 rings (SSSR count). The Morgan fingerprint density at radius 3 is 2.58 bits per heavy atom. The molecule has 0 fully saturated rings. The predicted molar refractivity (Wildman–Crippen MR) is 107 cm³/mol. The van der Waals surface area contributed by atoms with Crippen LogP contribution in [0.15, 0.2) is 40.0 Å². The number of hydrogen-bond acceptors (Lipinski definition) is 4. The molecular formula is C17H19BrCl2N2OS. The van der Waals surface area contributed by atoms with Crippen molar-refractivity contribution in [3.05, 3.63) is 50.7 Å². The number of halogens is 3. The molecule has 0 unspecified atom stereocenters. The Balaban J connectivity index is 2.36. The molecule has 3 nitrogen and oxygen atoms in total. The Bertz CT molecular complexity index is 722. The molecule has 0 N–H and O–H groups in total. The molecule has 0 saturated heterocycles. The van der Waals surface area contributed by atoms with E-state index in [4.69, 9.17) is 27.9 Å². The first-order valence-electron chi connectivity index (χ1n) is 7.28. The lowest BCUT2D eigenvalue weighted by Gasteiger charge is -2.25. The Morgan fingerprint density at radius 1 is 1.25 bits per heavy atom. The van der Waals surface area contributed by atoms with E-state index in [1.54, 1.807) is 25.3 Å². The third-order valence-electron chi connectivity index (χ3n) is 3.26. The summed E-state index contributed by atoms with van der Waals surface area (Å²) in [5.41, 5.74) is 1.93. The van der Waals surface area contributed by atoms with E-state index < -0.39 is 0 Å². The number of rotatable bonds is 5. The van der Waals surface area contributed by atoms with E-state index >= 15 is 0 Å². The van der Waals surface area contributed by atoms with Crippen molar-refractivity contribution in [1.82, 2.24) is 4.98 Å². The number of hydrogen-bond donors (Lipinski definition) is 0. The largest absolute Gasteiger partial charge is 0.363 e. The van der Waals surface area contributed by atoms with Crippen LogP contribution >= 0.6 is 51.1 Å². The summed E-state index contributed by atoms with van der Waals surface area (Å²) in [7, 11) is 1.65. The minimum atomic E-state index is -0.0298. The highest BCUT2D eigenvalue weighted by Crippen LogP contribution is 2.37. The lowest BCUT2D eigenvalue weighted by molar-refractivity contribution is 0.211. The number of benzene rings is 1. The summed E-state index contributed by atoms with van der Waals surface area (Å²) in [4.78, 5) is 5.31. The van der Waals surface area contributed by atoms with Crippen LogP contribution in [0.3, 0.4) is 0 Å². The van der Waals surface area contributed by atoms with Gasteiger partial charge in [0.15, 0.2) is 0 Å². The van der Waals surface area contributed by atoms with E-state index in [1.807, 2.05) is 22.5 Å². The molecule has 0 spiro atoms. The smallest absolute Gasteiger partial charge is 0.130 e. The SMILES string of the molecule is COCN(Sc1ccc(Cl)c(C(C)(C)C)c1)c1cc(Cl)cnc1Br. The van der Waals surface area contributed by atoms with Gasteiger partial charge in [0, 0.05) is 23.2 Å². The van der Waals surface area contributed by atoms with Crippen LogP contribution in [0.5, 0.6) is 0 Å². The molecule has 0 aliphatic carbocycles. The number of ether oxygens (including phenoxy) is 1. The Morgan fingerprint density at radius 2 is 1.96 bits per heavy atom. The molecular weight excluding hydrogens is 431 g/mol. The zero-order valence-corrected chi connectivity index (χ0v) is 17.9. The molecule has 0 bridgehead atoms. The monoisotopic (exact) mass is 448 g/mol. The first kappa shape index (κ1) is 19.9. The minimum absolute atomic E-state index is 0.0298. The highest BCUT2D eigenvalue weighted by atomic mass is 79.9. The molecule has 0 aliphatic rings. The van der Waals surface area contributed by atoms with Gasteiger partial charge in [0.05, 0.1) is 10.7 Å². The second kappa shape index (κ2) is 8.28. The number of nitrogens with zero attached hydrogens (tertiary/aromatic N) is 2. The van der Waals surface area contributed by atoms with Crippen LogP contribution < -0.4 is 4.31 Å². The summed E-state index contributed by atoms with van der Waals surface area (Å²) < 4.78 is 8.03. The molecule has 7 heteroatoms. The van der Waals surface area contributed by atoms with Crippen LogP contribution in [0.4, 0.5) is 5.69 Å². The quantitative estimate of drug-likeness (QED) is 0.293.